The van der Waals surface area contributed by atoms with Gasteiger partial charge in [-0.05, 0) is 36.6 Å². The summed E-state index contributed by atoms with van der Waals surface area (Å²) in [4.78, 5) is 12.8. The van der Waals surface area contributed by atoms with Gasteiger partial charge in [-0.2, -0.15) is 5.10 Å². The van der Waals surface area contributed by atoms with Crippen LogP contribution in [0.4, 0.5) is 5.69 Å². The summed E-state index contributed by atoms with van der Waals surface area (Å²) in [7, 11) is 0. The number of anilines is 1. The molecule has 3 heterocycles. The number of nitrogens with one attached hydrogen (secondary N) is 1. The van der Waals surface area contributed by atoms with E-state index in [2.05, 4.69) is 31.4 Å². The third-order valence-corrected chi connectivity index (χ3v) is 3.70. The van der Waals surface area contributed by atoms with Crippen LogP contribution in [-0.4, -0.2) is 24.7 Å². The highest BCUT2D eigenvalue weighted by Gasteiger charge is 2.23. The van der Waals surface area contributed by atoms with Crippen molar-refractivity contribution < 1.29 is 0 Å². The summed E-state index contributed by atoms with van der Waals surface area (Å²) < 4.78 is 1.64. The first-order valence-electron chi connectivity index (χ1n) is 6.91. The van der Waals surface area contributed by atoms with Crippen LogP contribution in [0.5, 0.6) is 0 Å². The summed E-state index contributed by atoms with van der Waals surface area (Å²) in [6, 6.07) is 8.34. The quantitative estimate of drug-likeness (QED) is 0.795. The van der Waals surface area contributed by atoms with E-state index in [1.54, 1.807) is 11.0 Å². The van der Waals surface area contributed by atoms with Crippen molar-refractivity contribution in [2.75, 3.05) is 5.32 Å². The largest absolute Gasteiger partial charge is 0.375 e. The molecule has 4 rings (SSSR count). The van der Waals surface area contributed by atoms with Crippen LogP contribution in [0.2, 0.25) is 0 Å². The first-order valence-corrected chi connectivity index (χ1v) is 6.91. The first-order chi connectivity index (χ1) is 10.4. The number of fused-ring (bicyclic) bond motifs is 1. The zero-order valence-electron chi connectivity index (χ0n) is 11.3. The maximum atomic E-state index is 4.49. The summed E-state index contributed by atoms with van der Waals surface area (Å²) in [6.07, 6.45) is 8.94. The van der Waals surface area contributed by atoms with Crippen LogP contribution in [-0.2, 0) is 6.42 Å². The van der Waals surface area contributed by atoms with Gasteiger partial charge in [-0.1, -0.05) is 6.07 Å². The molecule has 1 unspecified atom stereocenters. The third kappa shape index (κ3) is 2.24. The van der Waals surface area contributed by atoms with Crippen LogP contribution < -0.4 is 5.32 Å². The Bertz CT molecular complexity index is 735. The molecule has 0 saturated heterocycles. The second-order valence-electron chi connectivity index (χ2n) is 5.03. The minimum Gasteiger partial charge on any atom is -0.375 e. The second kappa shape index (κ2) is 4.97. The molecule has 3 aromatic rings. The minimum absolute atomic E-state index is 0.264. The zero-order valence-corrected chi connectivity index (χ0v) is 11.3. The van der Waals surface area contributed by atoms with Crippen LogP contribution in [0.1, 0.15) is 23.7 Å². The highest BCUT2D eigenvalue weighted by Crippen LogP contribution is 2.31. The molecular formula is C15H14N6. The number of nitrogens with zero attached hydrogens (tertiary/aromatic N) is 5. The molecule has 3 aromatic heterocycles. The maximum Gasteiger partial charge on any atom is 0.155 e. The molecule has 0 saturated carbocycles. The zero-order chi connectivity index (χ0) is 14.1. The lowest BCUT2D eigenvalue weighted by Crippen LogP contribution is -2.09. The van der Waals surface area contributed by atoms with E-state index in [4.69, 9.17) is 0 Å². The predicted molar refractivity (Wildman–Crippen MR) is 78.1 cm³/mol. The number of hydrogen-bond acceptors (Lipinski definition) is 5. The predicted octanol–water partition coefficient (Wildman–Crippen LogP) is 2.16. The van der Waals surface area contributed by atoms with Gasteiger partial charge >= 0.3 is 0 Å². The van der Waals surface area contributed by atoms with Gasteiger partial charge in [0.1, 0.15) is 12.7 Å². The average molecular weight is 278 g/mol. The lowest BCUT2D eigenvalue weighted by Gasteiger charge is -2.14. The van der Waals surface area contributed by atoms with E-state index in [0.717, 1.165) is 30.0 Å². The Morgan fingerprint density at radius 1 is 1.19 bits per heavy atom. The molecule has 0 amide bonds. The Balaban J connectivity index is 1.53. The SMILES string of the molecule is c1cnc2c(c1)CCC2Nc1ccc(-n2cncn2)nc1. The molecule has 0 aromatic carbocycles. The van der Waals surface area contributed by atoms with Crippen molar-refractivity contribution in [2.45, 2.75) is 18.9 Å². The van der Waals surface area contributed by atoms with Crippen molar-refractivity contribution in [3.63, 3.8) is 0 Å². The summed E-state index contributed by atoms with van der Waals surface area (Å²) in [6.45, 7) is 0. The summed E-state index contributed by atoms with van der Waals surface area (Å²) in [5, 5.41) is 7.56. The van der Waals surface area contributed by atoms with Crippen molar-refractivity contribution in [3.8, 4) is 5.82 Å². The van der Waals surface area contributed by atoms with Crippen molar-refractivity contribution in [1.29, 1.82) is 0 Å². The molecule has 6 nitrogen and oxygen atoms in total. The minimum atomic E-state index is 0.264. The van der Waals surface area contributed by atoms with Crippen LogP contribution in [0.25, 0.3) is 5.82 Å². The van der Waals surface area contributed by atoms with Gasteiger partial charge in [0, 0.05) is 6.20 Å². The summed E-state index contributed by atoms with van der Waals surface area (Å²) in [5.74, 6) is 0.753. The molecule has 1 aliphatic rings. The molecule has 0 aliphatic heterocycles. The van der Waals surface area contributed by atoms with Gasteiger partial charge < -0.3 is 5.32 Å². The molecule has 1 N–H and O–H groups in total. The third-order valence-electron chi connectivity index (χ3n) is 3.70. The molecule has 0 bridgehead atoms. The molecule has 104 valence electrons. The molecule has 0 fully saturated rings. The van der Waals surface area contributed by atoms with E-state index in [9.17, 15) is 0 Å². The van der Waals surface area contributed by atoms with Gasteiger partial charge in [0.2, 0.25) is 0 Å². The van der Waals surface area contributed by atoms with Gasteiger partial charge in [0.05, 0.1) is 23.6 Å². The Morgan fingerprint density at radius 3 is 3.00 bits per heavy atom. The molecular weight excluding hydrogens is 264 g/mol. The van der Waals surface area contributed by atoms with E-state index in [0.29, 0.717) is 0 Å². The Kier molecular flexibility index (Phi) is 2.85. The van der Waals surface area contributed by atoms with Gasteiger partial charge in [-0.3, -0.25) is 4.98 Å². The molecule has 0 radical (unpaired) electrons. The first kappa shape index (κ1) is 12.0. The van der Waals surface area contributed by atoms with Crippen LogP contribution in [0.3, 0.4) is 0 Å². The van der Waals surface area contributed by atoms with Crippen LogP contribution >= 0.6 is 0 Å². The smallest absolute Gasteiger partial charge is 0.155 e. The Morgan fingerprint density at radius 2 is 2.19 bits per heavy atom. The average Bonchev–Trinajstić information content (AvgIpc) is 3.19. The fraction of sp³-hybridized carbons (Fsp3) is 0.200. The topological polar surface area (TPSA) is 68.5 Å². The fourth-order valence-electron chi connectivity index (χ4n) is 2.69. The van der Waals surface area contributed by atoms with Crippen molar-refractivity contribution in [1.82, 2.24) is 24.7 Å². The molecule has 0 spiro atoms. The maximum absolute atomic E-state index is 4.49. The number of rotatable bonds is 3. The van der Waals surface area contributed by atoms with E-state index >= 15 is 0 Å². The van der Waals surface area contributed by atoms with Crippen LogP contribution in [0, 0.1) is 0 Å². The highest BCUT2D eigenvalue weighted by molar-refractivity contribution is 5.47. The summed E-state index contributed by atoms with van der Waals surface area (Å²) >= 11 is 0. The Labute approximate surface area is 121 Å². The van der Waals surface area contributed by atoms with Crippen molar-refractivity contribution >= 4 is 5.69 Å². The molecule has 6 heteroatoms. The fourth-order valence-corrected chi connectivity index (χ4v) is 2.69. The summed E-state index contributed by atoms with van der Waals surface area (Å²) in [5.41, 5.74) is 3.47. The molecule has 21 heavy (non-hydrogen) atoms. The van der Waals surface area contributed by atoms with Gasteiger partial charge in [0.25, 0.3) is 0 Å². The number of aromatic nitrogens is 5. The van der Waals surface area contributed by atoms with Gasteiger partial charge in [-0.15, -0.1) is 0 Å². The van der Waals surface area contributed by atoms with Crippen LogP contribution in [0.15, 0.2) is 49.3 Å². The lowest BCUT2D eigenvalue weighted by atomic mass is 10.2. The van der Waals surface area contributed by atoms with E-state index in [1.807, 2.05) is 30.6 Å². The highest BCUT2D eigenvalue weighted by atomic mass is 15.3. The monoisotopic (exact) mass is 278 g/mol. The lowest BCUT2D eigenvalue weighted by molar-refractivity contribution is 0.744. The Hall–Kier alpha value is -2.76. The van der Waals surface area contributed by atoms with Crippen molar-refractivity contribution in [3.05, 3.63) is 60.6 Å². The number of hydrogen-bond donors (Lipinski definition) is 1. The van der Waals surface area contributed by atoms with E-state index in [1.165, 1.54) is 11.9 Å². The van der Waals surface area contributed by atoms with E-state index in [-0.39, 0.29) is 6.04 Å². The van der Waals surface area contributed by atoms with E-state index < -0.39 is 0 Å². The molecule has 1 atom stereocenters. The van der Waals surface area contributed by atoms with Crippen molar-refractivity contribution in [2.24, 2.45) is 0 Å². The number of pyridine rings is 2. The number of aryl methyl sites for hydroxylation is 1. The normalized spacial score (nSPS) is 16.7. The van der Waals surface area contributed by atoms with Gasteiger partial charge in [-0.25, -0.2) is 14.6 Å². The van der Waals surface area contributed by atoms with Gasteiger partial charge in [0.15, 0.2) is 5.82 Å². The molecule has 1 aliphatic carbocycles. The standard InChI is InChI=1S/C15H14N6/c1-2-11-3-5-13(15(11)17-7-1)20-12-4-6-14(18-8-12)21-10-16-9-19-21/h1-2,4,6-10,13,20H,3,5H2. The second-order valence-corrected chi connectivity index (χ2v) is 5.03.